The summed E-state index contributed by atoms with van der Waals surface area (Å²) >= 11 is 0. The Balaban J connectivity index is 2.40. The molecule has 0 aromatic heterocycles. The lowest BCUT2D eigenvalue weighted by Crippen LogP contribution is -2.46. The normalized spacial score (nSPS) is 12.2. The molecule has 1 rings (SSSR count). The van der Waals surface area contributed by atoms with Gasteiger partial charge in [-0.3, -0.25) is 4.79 Å². The van der Waals surface area contributed by atoms with E-state index in [1.807, 2.05) is 20.8 Å². The van der Waals surface area contributed by atoms with Gasteiger partial charge in [-0.15, -0.1) is 0 Å². The number of methoxy groups -OCH3 is 1. The van der Waals surface area contributed by atoms with Crippen molar-refractivity contribution in [3.8, 4) is 11.5 Å². The summed E-state index contributed by atoms with van der Waals surface area (Å²) in [5, 5.41) is 2.74. The molecule has 6 heteroatoms. The van der Waals surface area contributed by atoms with Gasteiger partial charge in [0.05, 0.1) is 7.11 Å². The molecular weight excluding hydrogens is 286 g/mol. The lowest BCUT2D eigenvalue weighted by Gasteiger charge is -2.23. The third kappa shape index (κ3) is 6.47. The summed E-state index contributed by atoms with van der Waals surface area (Å²) in [6.45, 7) is 6.82. The molecule has 0 aliphatic carbocycles. The molecule has 0 aliphatic heterocycles. The van der Waals surface area contributed by atoms with Gasteiger partial charge in [0.25, 0.3) is 5.91 Å². The van der Waals surface area contributed by atoms with Crippen molar-refractivity contribution in [2.75, 3.05) is 13.7 Å². The predicted molar refractivity (Wildman–Crippen MR) is 81.9 cm³/mol. The molecule has 1 amide bonds. The smallest absolute Gasteiger partial charge is 0.344 e. The standard InChI is InChI=1S/C16H23NO5/c1-11(15(19)17-16(2,3)4)22-14(18)10-21-13-8-6-12(20-5)7-9-13/h6-9,11H,10H2,1-5H3,(H,17,19). The van der Waals surface area contributed by atoms with Gasteiger partial charge in [-0.05, 0) is 52.0 Å². The molecule has 1 atom stereocenters. The van der Waals surface area contributed by atoms with Crippen LogP contribution in [0.5, 0.6) is 11.5 Å². The zero-order valence-corrected chi connectivity index (χ0v) is 13.6. The first-order valence-corrected chi connectivity index (χ1v) is 6.99. The van der Waals surface area contributed by atoms with E-state index in [1.54, 1.807) is 31.4 Å². The molecule has 0 saturated carbocycles. The van der Waals surface area contributed by atoms with Crippen molar-refractivity contribution in [1.29, 1.82) is 0 Å². The van der Waals surface area contributed by atoms with E-state index in [4.69, 9.17) is 14.2 Å². The van der Waals surface area contributed by atoms with Crippen LogP contribution in [-0.4, -0.2) is 37.2 Å². The summed E-state index contributed by atoms with van der Waals surface area (Å²) in [6.07, 6.45) is -0.869. The topological polar surface area (TPSA) is 73.9 Å². The van der Waals surface area contributed by atoms with E-state index >= 15 is 0 Å². The van der Waals surface area contributed by atoms with E-state index in [1.165, 1.54) is 6.92 Å². The van der Waals surface area contributed by atoms with Gasteiger partial charge in [0.15, 0.2) is 12.7 Å². The van der Waals surface area contributed by atoms with Crippen LogP contribution in [0.25, 0.3) is 0 Å². The van der Waals surface area contributed by atoms with E-state index in [0.29, 0.717) is 11.5 Å². The van der Waals surface area contributed by atoms with Crippen LogP contribution >= 0.6 is 0 Å². The fourth-order valence-electron chi connectivity index (χ4n) is 1.57. The van der Waals surface area contributed by atoms with Crippen LogP contribution in [0.1, 0.15) is 27.7 Å². The van der Waals surface area contributed by atoms with Crippen molar-refractivity contribution in [3.63, 3.8) is 0 Å². The molecular formula is C16H23NO5. The number of esters is 1. The van der Waals surface area contributed by atoms with E-state index in [2.05, 4.69) is 5.32 Å². The number of hydrogen-bond donors (Lipinski definition) is 1. The van der Waals surface area contributed by atoms with Gasteiger partial charge in [0.2, 0.25) is 0 Å². The van der Waals surface area contributed by atoms with Crippen molar-refractivity contribution in [1.82, 2.24) is 5.32 Å². The quantitative estimate of drug-likeness (QED) is 0.813. The Hall–Kier alpha value is -2.24. The van der Waals surface area contributed by atoms with Crippen molar-refractivity contribution in [2.24, 2.45) is 0 Å². The van der Waals surface area contributed by atoms with Crippen LogP contribution in [0.2, 0.25) is 0 Å². The average molecular weight is 309 g/mol. The molecule has 1 aromatic carbocycles. The SMILES string of the molecule is COc1ccc(OCC(=O)OC(C)C(=O)NC(C)(C)C)cc1. The minimum absolute atomic E-state index is 0.264. The third-order valence-electron chi connectivity index (χ3n) is 2.59. The first kappa shape index (κ1) is 17.8. The number of benzene rings is 1. The average Bonchev–Trinajstić information content (AvgIpc) is 2.43. The molecule has 0 fully saturated rings. The minimum Gasteiger partial charge on any atom is -0.497 e. The molecule has 0 saturated heterocycles. The third-order valence-corrected chi connectivity index (χ3v) is 2.59. The molecule has 1 unspecified atom stereocenters. The van der Waals surface area contributed by atoms with Gasteiger partial charge >= 0.3 is 5.97 Å². The Morgan fingerprint density at radius 2 is 1.68 bits per heavy atom. The van der Waals surface area contributed by atoms with E-state index in [9.17, 15) is 9.59 Å². The largest absolute Gasteiger partial charge is 0.497 e. The lowest BCUT2D eigenvalue weighted by molar-refractivity contribution is -0.157. The fourth-order valence-corrected chi connectivity index (χ4v) is 1.57. The zero-order chi connectivity index (χ0) is 16.8. The Morgan fingerprint density at radius 1 is 1.14 bits per heavy atom. The van der Waals surface area contributed by atoms with Crippen LogP contribution in [0, 0.1) is 0 Å². The maximum Gasteiger partial charge on any atom is 0.344 e. The van der Waals surface area contributed by atoms with Crippen LogP contribution in [0.15, 0.2) is 24.3 Å². The first-order chi connectivity index (χ1) is 10.2. The maximum atomic E-state index is 11.8. The van der Waals surface area contributed by atoms with Crippen LogP contribution < -0.4 is 14.8 Å². The summed E-state index contributed by atoms with van der Waals surface area (Å²) in [5.74, 6) is 0.268. The summed E-state index contributed by atoms with van der Waals surface area (Å²) in [5.41, 5.74) is -0.378. The van der Waals surface area contributed by atoms with Gasteiger partial charge in [-0.2, -0.15) is 0 Å². The number of ether oxygens (including phenoxy) is 3. The van der Waals surface area contributed by atoms with Crippen molar-refractivity contribution in [3.05, 3.63) is 24.3 Å². The number of rotatable bonds is 6. The highest BCUT2D eigenvalue weighted by atomic mass is 16.6. The van der Waals surface area contributed by atoms with Crippen molar-refractivity contribution in [2.45, 2.75) is 39.3 Å². The summed E-state index contributed by atoms with van der Waals surface area (Å²) in [4.78, 5) is 23.5. The maximum absolute atomic E-state index is 11.8. The molecule has 1 N–H and O–H groups in total. The van der Waals surface area contributed by atoms with Crippen LogP contribution in [0.3, 0.4) is 0 Å². The summed E-state index contributed by atoms with van der Waals surface area (Å²) in [6, 6.07) is 6.81. The van der Waals surface area contributed by atoms with Crippen molar-refractivity contribution >= 4 is 11.9 Å². The van der Waals surface area contributed by atoms with E-state index in [-0.39, 0.29) is 18.1 Å². The second kappa shape index (κ2) is 7.68. The number of carbonyl (C=O) groups is 2. The molecule has 0 bridgehead atoms. The molecule has 122 valence electrons. The Morgan fingerprint density at radius 3 is 2.18 bits per heavy atom. The van der Waals surface area contributed by atoms with E-state index < -0.39 is 12.1 Å². The Kier molecular flexibility index (Phi) is 6.22. The molecule has 22 heavy (non-hydrogen) atoms. The summed E-state index contributed by atoms with van der Waals surface area (Å²) < 4.78 is 15.3. The first-order valence-electron chi connectivity index (χ1n) is 6.99. The zero-order valence-electron chi connectivity index (χ0n) is 13.6. The molecule has 0 spiro atoms. The van der Waals surface area contributed by atoms with Gasteiger partial charge < -0.3 is 19.5 Å². The Labute approximate surface area is 130 Å². The molecule has 1 aromatic rings. The van der Waals surface area contributed by atoms with Gasteiger partial charge in [0.1, 0.15) is 11.5 Å². The van der Waals surface area contributed by atoms with Crippen molar-refractivity contribution < 1.29 is 23.8 Å². The van der Waals surface area contributed by atoms with Crippen LogP contribution in [0.4, 0.5) is 0 Å². The van der Waals surface area contributed by atoms with Crippen LogP contribution in [-0.2, 0) is 14.3 Å². The molecule has 0 radical (unpaired) electrons. The Bertz CT molecular complexity index is 504. The van der Waals surface area contributed by atoms with Gasteiger partial charge in [-0.25, -0.2) is 4.79 Å². The summed E-state index contributed by atoms with van der Waals surface area (Å²) in [7, 11) is 1.57. The van der Waals surface area contributed by atoms with Gasteiger partial charge in [0, 0.05) is 5.54 Å². The highest BCUT2D eigenvalue weighted by molar-refractivity contribution is 5.84. The predicted octanol–water partition coefficient (Wildman–Crippen LogP) is 1.92. The second-order valence-corrected chi connectivity index (χ2v) is 5.84. The molecule has 0 aliphatic rings. The highest BCUT2D eigenvalue weighted by Gasteiger charge is 2.22. The fraction of sp³-hybridized carbons (Fsp3) is 0.500. The monoisotopic (exact) mass is 309 g/mol. The molecule has 0 heterocycles. The van der Waals surface area contributed by atoms with Gasteiger partial charge in [-0.1, -0.05) is 0 Å². The molecule has 6 nitrogen and oxygen atoms in total. The van der Waals surface area contributed by atoms with E-state index in [0.717, 1.165) is 0 Å². The number of amides is 1. The number of hydrogen-bond acceptors (Lipinski definition) is 5. The minimum atomic E-state index is -0.869. The number of nitrogens with one attached hydrogen (secondary N) is 1. The lowest BCUT2D eigenvalue weighted by atomic mass is 10.1. The second-order valence-electron chi connectivity index (χ2n) is 5.84. The highest BCUT2D eigenvalue weighted by Crippen LogP contribution is 2.16. The number of carbonyl (C=O) groups excluding carboxylic acids is 2.